The molecule has 1 saturated heterocycles. The molecule has 1 aromatic carbocycles. The van der Waals surface area contributed by atoms with E-state index in [0.717, 1.165) is 39.1 Å². The Kier molecular flexibility index (Phi) is 5.41. The number of anilines is 1. The monoisotopic (exact) mass is 275 g/mol. The third-order valence-corrected chi connectivity index (χ3v) is 3.91. The van der Waals surface area contributed by atoms with Crippen molar-refractivity contribution in [2.45, 2.75) is 19.8 Å². The van der Waals surface area contributed by atoms with E-state index in [0.29, 0.717) is 12.3 Å². The van der Waals surface area contributed by atoms with E-state index in [9.17, 15) is 4.79 Å². The second kappa shape index (κ2) is 7.29. The fraction of sp³-hybridized carbons (Fsp3) is 0.562. The molecule has 0 aliphatic carbocycles. The molecule has 110 valence electrons. The van der Waals surface area contributed by atoms with Gasteiger partial charge in [0.1, 0.15) is 0 Å². The van der Waals surface area contributed by atoms with Crippen molar-refractivity contribution in [1.82, 2.24) is 10.2 Å². The van der Waals surface area contributed by atoms with Crippen LogP contribution in [0.25, 0.3) is 0 Å². The fourth-order valence-electron chi connectivity index (χ4n) is 2.69. The molecule has 20 heavy (non-hydrogen) atoms. The Morgan fingerprint density at radius 1 is 1.20 bits per heavy atom. The molecule has 0 atom stereocenters. The number of benzene rings is 1. The van der Waals surface area contributed by atoms with Crippen molar-refractivity contribution in [2.75, 3.05) is 44.7 Å². The molecule has 1 aliphatic heterocycles. The molecule has 2 rings (SSSR count). The summed E-state index contributed by atoms with van der Waals surface area (Å²) in [5, 5.41) is 3.08. The number of aryl methyl sites for hydroxylation is 1. The van der Waals surface area contributed by atoms with Crippen molar-refractivity contribution < 1.29 is 4.79 Å². The summed E-state index contributed by atoms with van der Waals surface area (Å²) in [6, 6.07) is 8.46. The fourth-order valence-corrected chi connectivity index (χ4v) is 2.69. The van der Waals surface area contributed by atoms with E-state index < -0.39 is 0 Å². The van der Waals surface area contributed by atoms with Crippen LogP contribution in [0, 0.1) is 6.92 Å². The lowest BCUT2D eigenvalue weighted by Gasteiger charge is -2.36. The molecule has 1 N–H and O–H groups in total. The van der Waals surface area contributed by atoms with Crippen LogP contribution in [0.3, 0.4) is 0 Å². The summed E-state index contributed by atoms with van der Waals surface area (Å²) in [6.45, 7) is 6.60. The topological polar surface area (TPSA) is 35.6 Å². The molecular formula is C16H25N3O. The van der Waals surface area contributed by atoms with Crippen LogP contribution in [0.15, 0.2) is 24.3 Å². The number of piperazine rings is 1. The number of nitrogens with one attached hydrogen (secondary N) is 1. The first-order valence-electron chi connectivity index (χ1n) is 7.45. The summed E-state index contributed by atoms with van der Waals surface area (Å²) in [5.41, 5.74) is 2.61. The van der Waals surface area contributed by atoms with E-state index in [4.69, 9.17) is 0 Å². The zero-order valence-corrected chi connectivity index (χ0v) is 12.6. The van der Waals surface area contributed by atoms with E-state index in [1.54, 1.807) is 0 Å². The van der Waals surface area contributed by atoms with Gasteiger partial charge in [-0.1, -0.05) is 18.2 Å². The van der Waals surface area contributed by atoms with Crippen LogP contribution in [0.4, 0.5) is 5.69 Å². The van der Waals surface area contributed by atoms with Gasteiger partial charge >= 0.3 is 0 Å². The summed E-state index contributed by atoms with van der Waals surface area (Å²) >= 11 is 0. The van der Waals surface area contributed by atoms with E-state index in [-0.39, 0.29) is 0 Å². The van der Waals surface area contributed by atoms with Crippen molar-refractivity contribution >= 4 is 11.6 Å². The van der Waals surface area contributed by atoms with Crippen LogP contribution in [0.2, 0.25) is 0 Å². The second-order valence-electron chi connectivity index (χ2n) is 5.36. The summed E-state index contributed by atoms with van der Waals surface area (Å²) in [5.74, 6) is 0.296. The highest BCUT2D eigenvalue weighted by Crippen LogP contribution is 2.20. The SMILES string of the molecule is CNCCCC(=O)N1CCN(c2ccccc2C)CC1. The van der Waals surface area contributed by atoms with Gasteiger partial charge in [-0.05, 0) is 38.6 Å². The summed E-state index contributed by atoms with van der Waals surface area (Å²) in [6.07, 6.45) is 1.58. The molecule has 4 nitrogen and oxygen atoms in total. The molecule has 1 aromatic rings. The minimum Gasteiger partial charge on any atom is -0.368 e. The van der Waals surface area contributed by atoms with E-state index in [1.807, 2.05) is 11.9 Å². The first kappa shape index (κ1) is 14.9. The molecule has 0 saturated carbocycles. The number of hydrogen-bond donors (Lipinski definition) is 1. The maximum Gasteiger partial charge on any atom is 0.222 e. The van der Waals surface area contributed by atoms with Gasteiger partial charge in [0.15, 0.2) is 0 Å². The van der Waals surface area contributed by atoms with Crippen LogP contribution in [-0.2, 0) is 4.79 Å². The maximum atomic E-state index is 12.1. The van der Waals surface area contributed by atoms with Gasteiger partial charge in [-0.2, -0.15) is 0 Å². The quantitative estimate of drug-likeness (QED) is 0.830. The minimum absolute atomic E-state index is 0.296. The van der Waals surface area contributed by atoms with Crippen LogP contribution in [0.1, 0.15) is 18.4 Å². The van der Waals surface area contributed by atoms with Gasteiger partial charge in [0.05, 0.1) is 0 Å². The number of carbonyl (C=O) groups is 1. The van der Waals surface area contributed by atoms with Gasteiger partial charge in [0.25, 0.3) is 0 Å². The zero-order chi connectivity index (χ0) is 14.4. The molecule has 1 aliphatic rings. The molecule has 0 unspecified atom stereocenters. The number of carbonyl (C=O) groups excluding carboxylic acids is 1. The Hall–Kier alpha value is -1.55. The molecule has 0 aromatic heterocycles. The second-order valence-corrected chi connectivity index (χ2v) is 5.36. The van der Waals surface area contributed by atoms with Gasteiger partial charge in [0.2, 0.25) is 5.91 Å². The number of rotatable bonds is 5. The van der Waals surface area contributed by atoms with Crippen molar-refractivity contribution in [3.63, 3.8) is 0 Å². The summed E-state index contributed by atoms with van der Waals surface area (Å²) in [4.78, 5) is 16.4. The first-order valence-corrected chi connectivity index (χ1v) is 7.45. The average Bonchev–Trinajstić information content (AvgIpc) is 2.48. The Bertz CT molecular complexity index is 439. The molecular weight excluding hydrogens is 250 g/mol. The third-order valence-electron chi connectivity index (χ3n) is 3.91. The number of amides is 1. The summed E-state index contributed by atoms with van der Waals surface area (Å²) in [7, 11) is 1.92. The van der Waals surface area contributed by atoms with Crippen LogP contribution >= 0.6 is 0 Å². The van der Waals surface area contributed by atoms with E-state index >= 15 is 0 Å². The van der Waals surface area contributed by atoms with Gasteiger partial charge < -0.3 is 15.1 Å². The normalized spacial score (nSPS) is 15.5. The Morgan fingerprint density at radius 2 is 1.90 bits per heavy atom. The molecule has 0 radical (unpaired) electrons. The standard InChI is InChI=1S/C16H25N3O/c1-14-6-3-4-7-15(14)18-10-12-19(13-11-18)16(20)8-5-9-17-2/h3-4,6-7,17H,5,8-13H2,1-2H3. The van der Waals surface area contributed by atoms with Crippen molar-refractivity contribution in [1.29, 1.82) is 0 Å². The molecule has 1 fully saturated rings. The van der Waals surface area contributed by atoms with E-state index in [2.05, 4.69) is 41.4 Å². The lowest BCUT2D eigenvalue weighted by molar-refractivity contribution is -0.131. The van der Waals surface area contributed by atoms with Crippen molar-refractivity contribution in [3.05, 3.63) is 29.8 Å². The van der Waals surface area contributed by atoms with Crippen LogP contribution in [0.5, 0.6) is 0 Å². The Balaban J connectivity index is 1.83. The average molecular weight is 275 g/mol. The third kappa shape index (κ3) is 3.73. The highest BCUT2D eigenvalue weighted by atomic mass is 16.2. The Morgan fingerprint density at radius 3 is 2.55 bits per heavy atom. The highest BCUT2D eigenvalue weighted by molar-refractivity contribution is 5.76. The molecule has 4 heteroatoms. The lowest BCUT2D eigenvalue weighted by Crippen LogP contribution is -2.49. The Labute approximate surface area is 121 Å². The van der Waals surface area contributed by atoms with E-state index in [1.165, 1.54) is 11.3 Å². The highest BCUT2D eigenvalue weighted by Gasteiger charge is 2.21. The van der Waals surface area contributed by atoms with Gasteiger partial charge in [-0.3, -0.25) is 4.79 Å². The maximum absolute atomic E-state index is 12.1. The molecule has 1 heterocycles. The van der Waals surface area contributed by atoms with Gasteiger partial charge in [0, 0.05) is 38.3 Å². The molecule has 0 bridgehead atoms. The van der Waals surface area contributed by atoms with Crippen LogP contribution in [-0.4, -0.2) is 50.6 Å². The first-order chi connectivity index (χ1) is 9.72. The largest absolute Gasteiger partial charge is 0.368 e. The van der Waals surface area contributed by atoms with Gasteiger partial charge in [-0.15, -0.1) is 0 Å². The van der Waals surface area contributed by atoms with Crippen LogP contribution < -0.4 is 10.2 Å². The van der Waals surface area contributed by atoms with Gasteiger partial charge in [-0.25, -0.2) is 0 Å². The smallest absolute Gasteiger partial charge is 0.222 e. The van der Waals surface area contributed by atoms with Crippen molar-refractivity contribution in [3.8, 4) is 0 Å². The van der Waals surface area contributed by atoms with Crippen molar-refractivity contribution in [2.24, 2.45) is 0 Å². The minimum atomic E-state index is 0.296. The number of para-hydroxylation sites is 1. The number of hydrogen-bond acceptors (Lipinski definition) is 3. The predicted octanol–water partition coefficient (Wildman–Crippen LogP) is 1.64. The zero-order valence-electron chi connectivity index (χ0n) is 12.6. The predicted molar refractivity (Wildman–Crippen MR) is 83.1 cm³/mol. The number of nitrogens with zero attached hydrogens (tertiary/aromatic N) is 2. The molecule has 0 spiro atoms. The summed E-state index contributed by atoms with van der Waals surface area (Å²) < 4.78 is 0. The molecule has 1 amide bonds. The lowest BCUT2D eigenvalue weighted by atomic mass is 10.1.